The molecule has 7 nitrogen and oxygen atoms in total. The van der Waals surface area contributed by atoms with Crippen LogP contribution in [-0.2, 0) is 23.0 Å². The number of hydrogen-bond acceptors (Lipinski definition) is 6. The molecule has 0 aliphatic rings. The molecule has 0 fully saturated rings. The predicted molar refractivity (Wildman–Crippen MR) is 122 cm³/mol. The third kappa shape index (κ3) is 5.85. The lowest BCUT2D eigenvalue weighted by Crippen LogP contribution is -2.25. The van der Waals surface area contributed by atoms with Crippen LogP contribution in [0.1, 0.15) is 34.8 Å². The number of nitrogens with zero attached hydrogens (tertiary/aromatic N) is 1. The molecule has 1 heterocycles. The highest BCUT2D eigenvalue weighted by atomic mass is 32.2. The molecule has 0 bridgehead atoms. The highest BCUT2D eigenvalue weighted by molar-refractivity contribution is 7.91. The van der Waals surface area contributed by atoms with E-state index in [1.54, 1.807) is 50.7 Å². The summed E-state index contributed by atoms with van der Waals surface area (Å²) < 4.78 is 36.3. The van der Waals surface area contributed by atoms with Crippen molar-refractivity contribution in [2.45, 2.75) is 31.4 Å². The van der Waals surface area contributed by atoms with Crippen molar-refractivity contribution >= 4 is 15.7 Å². The minimum atomic E-state index is -3.52. The average Bonchev–Trinajstić information content (AvgIpc) is 2.82. The lowest BCUT2D eigenvalue weighted by Gasteiger charge is -2.13. The number of carbonyl (C=O) groups is 1. The van der Waals surface area contributed by atoms with Crippen LogP contribution in [0, 0.1) is 0 Å². The van der Waals surface area contributed by atoms with Gasteiger partial charge in [-0.25, -0.2) is 8.42 Å². The van der Waals surface area contributed by atoms with Crippen LogP contribution in [0.4, 0.5) is 0 Å². The molecule has 3 rings (SSSR count). The van der Waals surface area contributed by atoms with E-state index in [1.165, 1.54) is 12.1 Å². The Kier molecular flexibility index (Phi) is 7.83. The van der Waals surface area contributed by atoms with Gasteiger partial charge in [-0.15, -0.1) is 0 Å². The van der Waals surface area contributed by atoms with Crippen LogP contribution in [0.5, 0.6) is 11.5 Å². The molecule has 32 heavy (non-hydrogen) atoms. The molecule has 8 heteroatoms. The summed E-state index contributed by atoms with van der Waals surface area (Å²) in [5.74, 6) is 0.666. The molecule has 0 spiro atoms. The van der Waals surface area contributed by atoms with E-state index in [4.69, 9.17) is 9.47 Å². The zero-order chi connectivity index (χ0) is 23.0. The number of rotatable bonds is 10. The maximum absolute atomic E-state index is 12.7. The SMILES string of the molecule is CCCS(=O)(=O)c1ccccc1C(=O)NCc1ccc(OCc2ccncc2)c(OC)c1. The van der Waals surface area contributed by atoms with Gasteiger partial charge in [-0.05, 0) is 53.9 Å². The number of pyridine rings is 1. The second-order valence-corrected chi connectivity index (χ2v) is 9.20. The molecule has 0 radical (unpaired) electrons. The Balaban J connectivity index is 1.69. The molecule has 1 aromatic heterocycles. The van der Waals surface area contributed by atoms with Gasteiger partial charge in [0.05, 0.1) is 23.3 Å². The van der Waals surface area contributed by atoms with E-state index in [0.717, 1.165) is 11.1 Å². The normalized spacial score (nSPS) is 11.1. The van der Waals surface area contributed by atoms with Gasteiger partial charge < -0.3 is 14.8 Å². The maximum Gasteiger partial charge on any atom is 0.252 e. The van der Waals surface area contributed by atoms with Crippen LogP contribution < -0.4 is 14.8 Å². The largest absolute Gasteiger partial charge is 0.493 e. The quantitative estimate of drug-likeness (QED) is 0.501. The van der Waals surface area contributed by atoms with Crippen molar-refractivity contribution < 1.29 is 22.7 Å². The van der Waals surface area contributed by atoms with E-state index in [1.807, 2.05) is 18.2 Å². The summed E-state index contributed by atoms with van der Waals surface area (Å²) >= 11 is 0. The zero-order valence-electron chi connectivity index (χ0n) is 18.1. The lowest BCUT2D eigenvalue weighted by molar-refractivity contribution is 0.0947. The fourth-order valence-electron chi connectivity index (χ4n) is 3.16. The molecule has 0 atom stereocenters. The molecule has 0 saturated carbocycles. The van der Waals surface area contributed by atoms with E-state index in [-0.39, 0.29) is 22.8 Å². The van der Waals surface area contributed by atoms with E-state index in [0.29, 0.717) is 24.5 Å². The Morgan fingerprint density at radius 1 is 1.00 bits per heavy atom. The number of sulfone groups is 1. The minimum Gasteiger partial charge on any atom is -0.493 e. The molecule has 3 aromatic rings. The van der Waals surface area contributed by atoms with Crippen molar-refractivity contribution in [1.82, 2.24) is 10.3 Å². The van der Waals surface area contributed by atoms with Gasteiger partial charge in [0, 0.05) is 18.9 Å². The van der Waals surface area contributed by atoms with Crippen molar-refractivity contribution in [3.8, 4) is 11.5 Å². The first-order chi connectivity index (χ1) is 15.4. The maximum atomic E-state index is 12.7. The molecule has 0 aliphatic heterocycles. The van der Waals surface area contributed by atoms with E-state index in [9.17, 15) is 13.2 Å². The first-order valence-electron chi connectivity index (χ1n) is 10.2. The van der Waals surface area contributed by atoms with Crippen LogP contribution in [0.15, 0.2) is 71.9 Å². The smallest absolute Gasteiger partial charge is 0.252 e. The average molecular weight is 455 g/mol. The highest BCUT2D eigenvalue weighted by Crippen LogP contribution is 2.29. The van der Waals surface area contributed by atoms with E-state index >= 15 is 0 Å². The van der Waals surface area contributed by atoms with Gasteiger partial charge in [0.25, 0.3) is 5.91 Å². The van der Waals surface area contributed by atoms with Crippen LogP contribution in [0.25, 0.3) is 0 Å². The van der Waals surface area contributed by atoms with Crippen LogP contribution >= 0.6 is 0 Å². The summed E-state index contributed by atoms with van der Waals surface area (Å²) in [6, 6.07) is 15.4. The fourth-order valence-corrected chi connectivity index (χ4v) is 4.70. The summed E-state index contributed by atoms with van der Waals surface area (Å²) in [5.41, 5.74) is 1.92. The Hall–Kier alpha value is -3.39. The number of benzene rings is 2. The number of nitrogens with one attached hydrogen (secondary N) is 1. The number of hydrogen-bond donors (Lipinski definition) is 1. The van der Waals surface area contributed by atoms with Crippen LogP contribution in [0.3, 0.4) is 0 Å². The molecule has 0 saturated heterocycles. The summed E-state index contributed by atoms with van der Waals surface area (Å²) in [7, 11) is -1.97. The summed E-state index contributed by atoms with van der Waals surface area (Å²) in [6.45, 7) is 2.37. The van der Waals surface area contributed by atoms with Gasteiger partial charge >= 0.3 is 0 Å². The minimum absolute atomic E-state index is 0.00452. The van der Waals surface area contributed by atoms with Crippen LogP contribution in [0.2, 0.25) is 0 Å². The van der Waals surface area contributed by atoms with Crippen molar-refractivity contribution in [2.24, 2.45) is 0 Å². The molecule has 2 aromatic carbocycles. The molecule has 1 N–H and O–H groups in total. The first-order valence-corrected chi connectivity index (χ1v) is 11.9. The van der Waals surface area contributed by atoms with Gasteiger partial charge in [0.2, 0.25) is 0 Å². The Morgan fingerprint density at radius 2 is 1.75 bits per heavy atom. The van der Waals surface area contributed by atoms with Crippen molar-refractivity contribution in [3.63, 3.8) is 0 Å². The number of carbonyl (C=O) groups excluding carboxylic acids is 1. The van der Waals surface area contributed by atoms with Crippen molar-refractivity contribution in [1.29, 1.82) is 0 Å². The number of ether oxygens (including phenoxy) is 2. The zero-order valence-corrected chi connectivity index (χ0v) is 18.9. The standard InChI is InChI=1S/C24H26N2O5S/c1-3-14-32(28,29)23-7-5-4-6-20(23)24(27)26-16-19-8-9-21(22(15-19)30-2)31-17-18-10-12-25-13-11-18/h4-13,15H,3,14,16-17H2,1-2H3,(H,26,27). The van der Waals surface area contributed by atoms with E-state index in [2.05, 4.69) is 10.3 Å². The Labute approximate surface area is 188 Å². The predicted octanol–water partition coefficient (Wildman–Crippen LogP) is 3.78. The lowest BCUT2D eigenvalue weighted by atomic mass is 10.1. The van der Waals surface area contributed by atoms with Gasteiger partial charge in [-0.1, -0.05) is 25.1 Å². The Morgan fingerprint density at radius 3 is 2.47 bits per heavy atom. The number of methoxy groups -OCH3 is 1. The molecule has 168 valence electrons. The molecule has 0 unspecified atom stereocenters. The summed E-state index contributed by atoms with van der Waals surface area (Å²) in [6.07, 6.45) is 3.88. The van der Waals surface area contributed by atoms with Crippen LogP contribution in [-0.4, -0.2) is 32.2 Å². The van der Waals surface area contributed by atoms with E-state index < -0.39 is 15.7 Å². The second-order valence-electron chi connectivity index (χ2n) is 7.13. The Bertz CT molecular complexity index is 1160. The molecular formula is C24H26N2O5S. The van der Waals surface area contributed by atoms with Gasteiger partial charge in [-0.2, -0.15) is 0 Å². The monoisotopic (exact) mass is 454 g/mol. The molecule has 1 amide bonds. The number of amides is 1. The fraction of sp³-hybridized carbons (Fsp3) is 0.250. The molecule has 0 aliphatic carbocycles. The second kappa shape index (κ2) is 10.8. The van der Waals surface area contributed by atoms with Gasteiger partial charge in [0.1, 0.15) is 6.61 Å². The third-order valence-electron chi connectivity index (χ3n) is 4.76. The number of aromatic nitrogens is 1. The van der Waals surface area contributed by atoms with Gasteiger partial charge in [-0.3, -0.25) is 9.78 Å². The molecular weight excluding hydrogens is 428 g/mol. The summed E-state index contributed by atoms with van der Waals surface area (Å²) in [5, 5.41) is 2.79. The summed E-state index contributed by atoms with van der Waals surface area (Å²) in [4.78, 5) is 16.8. The highest BCUT2D eigenvalue weighted by Gasteiger charge is 2.21. The van der Waals surface area contributed by atoms with Crippen molar-refractivity contribution in [3.05, 3.63) is 83.7 Å². The first kappa shape index (κ1) is 23.3. The van der Waals surface area contributed by atoms with Crippen molar-refractivity contribution in [2.75, 3.05) is 12.9 Å². The van der Waals surface area contributed by atoms with Gasteiger partial charge in [0.15, 0.2) is 21.3 Å². The third-order valence-corrected chi connectivity index (χ3v) is 6.74. The topological polar surface area (TPSA) is 94.6 Å².